The standard InChI is InChI=1S/C20H23NO3/c1-13-8-9-16-17(12-20(2,3)24-18(16)10-13)21-19(22)14-6-5-7-15(11-14)23-4/h5-11,17H,12H2,1-4H3,(H,21,22)/t17-/m0/s1. The number of ether oxygens (including phenoxy) is 2. The quantitative estimate of drug-likeness (QED) is 0.926. The summed E-state index contributed by atoms with van der Waals surface area (Å²) in [6.45, 7) is 6.13. The van der Waals surface area contributed by atoms with E-state index >= 15 is 0 Å². The van der Waals surface area contributed by atoms with Gasteiger partial charge in [0.15, 0.2) is 0 Å². The van der Waals surface area contributed by atoms with Gasteiger partial charge in [-0.05, 0) is 50.6 Å². The van der Waals surface area contributed by atoms with Gasteiger partial charge in [0, 0.05) is 17.5 Å². The fourth-order valence-corrected chi connectivity index (χ4v) is 3.09. The molecule has 3 rings (SSSR count). The normalized spacial score (nSPS) is 18.2. The number of methoxy groups -OCH3 is 1. The van der Waals surface area contributed by atoms with Gasteiger partial charge in [-0.2, -0.15) is 0 Å². The van der Waals surface area contributed by atoms with E-state index in [9.17, 15) is 4.79 Å². The van der Waals surface area contributed by atoms with Crippen LogP contribution in [-0.2, 0) is 0 Å². The molecule has 0 saturated heterocycles. The second kappa shape index (κ2) is 6.19. The predicted octanol–water partition coefficient (Wildman–Crippen LogP) is 4.04. The van der Waals surface area contributed by atoms with Crippen LogP contribution < -0.4 is 14.8 Å². The second-order valence-electron chi connectivity index (χ2n) is 6.87. The molecule has 0 saturated carbocycles. The van der Waals surface area contributed by atoms with Crippen molar-refractivity contribution in [3.8, 4) is 11.5 Å². The van der Waals surface area contributed by atoms with E-state index in [0.29, 0.717) is 11.3 Å². The summed E-state index contributed by atoms with van der Waals surface area (Å²) in [5, 5.41) is 3.14. The molecule has 1 aliphatic heterocycles. The number of amides is 1. The number of carbonyl (C=O) groups is 1. The van der Waals surface area contributed by atoms with E-state index < -0.39 is 0 Å². The first-order chi connectivity index (χ1) is 11.4. The molecule has 0 bridgehead atoms. The van der Waals surface area contributed by atoms with E-state index in [1.54, 1.807) is 19.2 Å². The lowest BCUT2D eigenvalue weighted by atomic mass is 9.89. The first-order valence-electron chi connectivity index (χ1n) is 8.12. The van der Waals surface area contributed by atoms with Crippen molar-refractivity contribution in [3.05, 3.63) is 59.2 Å². The molecule has 1 heterocycles. The third-order valence-corrected chi connectivity index (χ3v) is 4.26. The van der Waals surface area contributed by atoms with E-state index in [1.807, 2.05) is 51.1 Å². The fourth-order valence-electron chi connectivity index (χ4n) is 3.09. The summed E-state index contributed by atoms with van der Waals surface area (Å²) < 4.78 is 11.3. The third kappa shape index (κ3) is 3.37. The van der Waals surface area contributed by atoms with Gasteiger partial charge in [0.2, 0.25) is 0 Å². The SMILES string of the molecule is COc1cccc(C(=O)N[C@H]2CC(C)(C)Oc3cc(C)ccc32)c1. The smallest absolute Gasteiger partial charge is 0.251 e. The summed E-state index contributed by atoms with van der Waals surface area (Å²) in [4.78, 5) is 12.7. The van der Waals surface area contributed by atoms with Crippen LogP contribution in [-0.4, -0.2) is 18.6 Å². The van der Waals surface area contributed by atoms with E-state index in [2.05, 4.69) is 5.32 Å². The van der Waals surface area contributed by atoms with E-state index in [4.69, 9.17) is 9.47 Å². The average Bonchev–Trinajstić information content (AvgIpc) is 2.53. The minimum Gasteiger partial charge on any atom is -0.497 e. The summed E-state index contributed by atoms with van der Waals surface area (Å²) in [5.74, 6) is 1.41. The molecule has 0 aliphatic carbocycles. The van der Waals surface area contributed by atoms with Crippen molar-refractivity contribution < 1.29 is 14.3 Å². The van der Waals surface area contributed by atoms with Gasteiger partial charge in [0.1, 0.15) is 17.1 Å². The van der Waals surface area contributed by atoms with Crippen LogP contribution in [0.3, 0.4) is 0 Å². The van der Waals surface area contributed by atoms with Crippen LogP contribution in [0.2, 0.25) is 0 Å². The largest absolute Gasteiger partial charge is 0.497 e. The highest BCUT2D eigenvalue weighted by Crippen LogP contribution is 2.40. The van der Waals surface area contributed by atoms with Gasteiger partial charge >= 0.3 is 0 Å². The average molecular weight is 325 g/mol. The Bertz CT molecular complexity index is 767. The summed E-state index contributed by atoms with van der Waals surface area (Å²) in [6.07, 6.45) is 0.721. The zero-order valence-corrected chi connectivity index (χ0v) is 14.6. The van der Waals surface area contributed by atoms with Crippen LogP contribution in [0, 0.1) is 6.92 Å². The molecular formula is C20H23NO3. The Kier molecular flexibility index (Phi) is 4.22. The molecule has 126 valence electrons. The fraction of sp³-hybridized carbons (Fsp3) is 0.350. The monoisotopic (exact) mass is 325 g/mol. The molecule has 0 fully saturated rings. The molecule has 1 aliphatic rings. The molecule has 4 heteroatoms. The Morgan fingerprint density at radius 3 is 2.79 bits per heavy atom. The Balaban J connectivity index is 1.87. The summed E-state index contributed by atoms with van der Waals surface area (Å²) >= 11 is 0. The Hall–Kier alpha value is -2.49. The van der Waals surface area contributed by atoms with Crippen molar-refractivity contribution >= 4 is 5.91 Å². The maximum atomic E-state index is 12.7. The first-order valence-corrected chi connectivity index (χ1v) is 8.12. The molecule has 1 amide bonds. The molecule has 0 unspecified atom stereocenters. The number of nitrogens with one attached hydrogen (secondary N) is 1. The zero-order valence-electron chi connectivity index (χ0n) is 14.6. The minimum atomic E-state index is -0.326. The third-order valence-electron chi connectivity index (χ3n) is 4.26. The Morgan fingerprint density at radius 1 is 1.25 bits per heavy atom. The van der Waals surface area contributed by atoms with Crippen LogP contribution in [0.5, 0.6) is 11.5 Å². The van der Waals surface area contributed by atoms with E-state index in [1.165, 1.54) is 0 Å². The molecule has 4 nitrogen and oxygen atoms in total. The number of rotatable bonds is 3. The maximum absolute atomic E-state index is 12.7. The van der Waals surface area contributed by atoms with Gasteiger partial charge in [0.25, 0.3) is 5.91 Å². The topological polar surface area (TPSA) is 47.6 Å². The molecular weight excluding hydrogens is 302 g/mol. The van der Waals surface area contributed by atoms with Crippen molar-refractivity contribution in [2.24, 2.45) is 0 Å². The van der Waals surface area contributed by atoms with Crippen LogP contribution in [0.1, 0.15) is 47.8 Å². The lowest BCUT2D eigenvalue weighted by Gasteiger charge is -2.38. The molecule has 24 heavy (non-hydrogen) atoms. The Morgan fingerprint density at radius 2 is 2.04 bits per heavy atom. The lowest BCUT2D eigenvalue weighted by Crippen LogP contribution is -2.41. The molecule has 2 aromatic rings. The number of benzene rings is 2. The lowest BCUT2D eigenvalue weighted by molar-refractivity contribution is 0.0619. The van der Waals surface area contributed by atoms with Crippen LogP contribution in [0.25, 0.3) is 0 Å². The van der Waals surface area contributed by atoms with Crippen molar-refractivity contribution in [1.82, 2.24) is 5.32 Å². The first kappa shape index (κ1) is 16.4. The number of fused-ring (bicyclic) bond motifs is 1. The van der Waals surface area contributed by atoms with Gasteiger partial charge in [-0.25, -0.2) is 0 Å². The molecule has 0 radical (unpaired) electrons. The molecule has 0 spiro atoms. The molecule has 2 aromatic carbocycles. The van der Waals surface area contributed by atoms with Gasteiger partial charge in [-0.15, -0.1) is 0 Å². The zero-order chi connectivity index (χ0) is 17.3. The molecule has 0 aromatic heterocycles. The van der Waals surface area contributed by atoms with Crippen molar-refractivity contribution in [3.63, 3.8) is 0 Å². The van der Waals surface area contributed by atoms with Crippen LogP contribution >= 0.6 is 0 Å². The summed E-state index contributed by atoms with van der Waals surface area (Å²) in [6, 6.07) is 13.2. The highest BCUT2D eigenvalue weighted by atomic mass is 16.5. The highest BCUT2D eigenvalue weighted by Gasteiger charge is 2.34. The highest BCUT2D eigenvalue weighted by molar-refractivity contribution is 5.94. The van der Waals surface area contributed by atoms with E-state index in [-0.39, 0.29) is 17.6 Å². The number of aryl methyl sites for hydroxylation is 1. The number of hydrogen-bond donors (Lipinski definition) is 1. The van der Waals surface area contributed by atoms with Crippen LogP contribution in [0.4, 0.5) is 0 Å². The number of carbonyl (C=O) groups excluding carboxylic acids is 1. The predicted molar refractivity (Wildman–Crippen MR) is 93.7 cm³/mol. The molecule has 1 atom stereocenters. The van der Waals surface area contributed by atoms with Gasteiger partial charge in [0.05, 0.1) is 13.2 Å². The Labute approximate surface area is 142 Å². The van der Waals surface area contributed by atoms with Gasteiger partial charge in [-0.1, -0.05) is 18.2 Å². The minimum absolute atomic E-state index is 0.0805. The van der Waals surface area contributed by atoms with Crippen LogP contribution in [0.15, 0.2) is 42.5 Å². The number of hydrogen-bond acceptors (Lipinski definition) is 3. The van der Waals surface area contributed by atoms with E-state index in [0.717, 1.165) is 23.3 Å². The van der Waals surface area contributed by atoms with Crippen molar-refractivity contribution in [2.45, 2.75) is 38.8 Å². The molecule has 1 N–H and O–H groups in total. The summed E-state index contributed by atoms with van der Waals surface area (Å²) in [5.41, 5.74) is 2.43. The maximum Gasteiger partial charge on any atom is 0.251 e. The second-order valence-corrected chi connectivity index (χ2v) is 6.87. The van der Waals surface area contributed by atoms with Crippen molar-refractivity contribution in [1.29, 1.82) is 0 Å². The van der Waals surface area contributed by atoms with Gasteiger partial charge in [-0.3, -0.25) is 4.79 Å². The van der Waals surface area contributed by atoms with Crippen molar-refractivity contribution in [2.75, 3.05) is 7.11 Å². The summed E-state index contributed by atoms with van der Waals surface area (Å²) in [7, 11) is 1.59. The van der Waals surface area contributed by atoms with Gasteiger partial charge < -0.3 is 14.8 Å².